The number of hydrogen-bond donors (Lipinski definition) is 0. The molecule has 1 saturated carbocycles. The zero-order valence-corrected chi connectivity index (χ0v) is 14.7. The number of hydrogen-bond acceptors (Lipinski definition) is 3. The molecule has 0 spiro atoms. The lowest BCUT2D eigenvalue weighted by Gasteiger charge is -2.34. The Bertz CT molecular complexity index is 810. The van der Waals surface area contributed by atoms with E-state index < -0.39 is 11.8 Å². The summed E-state index contributed by atoms with van der Waals surface area (Å²) in [7, 11) is 0. The summed E-state index contributed by atoms with van der Waals surface area (Å²) >= 11 is 0. The van der Waals surface area contributed by atoms with Crippen LogP contribution in [0.4, 0.5) is 8.78 Å². The van der Waals surface area contributed by atoms with E-state index in [1.165, 1.54) is 6.92 Å². The molecule has 1 unspecified atom stereocenters. The molecule has 2 heterocycles. The van der Waals surface area contributed by atoms with Crippen LogP contribution >= 0.6 is 0 Å². The van der Waals surface area contributed by atoms with Crippen molar-refractivity contribution in [3.63, 3.8) is 0 Å². The number of rotatable bonds is 4. The van der Waals surface area contributed by atoms with Gasteiger partial charge >= 0.3 is 5.97 Å². The number of alkyl halides is 2. The Labute approximate surface area is 151 Å². The van der Waals surface area contributed by atoms with Crippen LogP contribution in [0, 0.1) is 5.92 Å². The van der Waals surface area contributed by atoms with Crippen LogP contribution in [0.5, 0.6) is 0 Å². The molecule has 2 aromatic rings. The molecule has 0 radical (unpaired) electrons. The van der Waals surface area contributed by atoms with Crippen LogP contribution in [0.3, 0.4) is 0 Å². The fraction of sp³-hybridized carbons (Fsp3) is 0.500. The van der Waals surface area contributed by atoms with Crippen molar-refractivity contribution in [3.05, 3.63) is 42.4 Å². The van der Waals surface area contributed by atoms with E-state index in [0.717, 1.165) is 16.8 Å². The molecule has 1 aromatic heterocycles. The van der Waals surface area contributed by atoms with Crippen LogP contribution in [0.25, 0.3) is 11.3 Å². The van der Waals surface area contributed by atoms with Gasteiger partial charge in [-0.3, -0.25) is 4.79 Å². The topological polar surface area (TPSA) is 44.1 Å². The van der Waals surface area contributed by atoms with Crippen LogP contribution < -0.4 is 0 Å². The molecular weight excluding hydrogens is 338 g/mol. The molecule has 138 valence electrons. The summed E-state index contributed by atoms with van der Waals surface area (Å²) in [6.45, 7) is 1.36. The minimum atomic E-state index is -2.77. The Kier molecular flexibility index (Phi) is 4.29. The van der Waals surface area contributed by atoms with Gasteiger partial charge in [0.05, 0.1) is 24.3 Å². The summed E-state index contributed by atoms with van der Waals surface area (Å²) in [5.74, 6) is -3.78. The average Bonchev–Trinajstić information content (AvgIpc) is 3.18. The molecule has 0 N–H and O–H groups in total. The number of nitrogens with zero attached hydrogens (tertiary/aromatic N) is 2. The fourth-order valence-electron chi connectivity index (χ4n) is 4.40. The normalized spacial score (nSPS) is 24.8. The highest BCUT2D eigenvalue weighted by atomic mass is 19.3. The number of carbonyl (C=O) groups excluding carboxylic acids is 1. The number of ether oxygens (including phenoxy) is 1. The lowest BCUT2D eigenvalue weighted by Crippen LogP contribution is -2.36. The van der Waals surface area contributed by atoms with Gasteiger partial charge in [0, 0.05) is 24.8 Å². The second-order valence-electron chi connectivity index (χ2n) is 7.34. The Hall–Kier alpha value is -2.24. The molecule has 4 nitrogen and oxygen atoms in total. The Morgan fingerprint density at radius 1 is 1.27 bits per heavy atom. The first-order chi connectivity index (χ1) is 12.5. The van der Waals surface area contributed by atoms with E-state index in [-0.39, 0.29) is 24.5 Å². The maximum atomic E-state index is 15.1. The molecule has 6 heteroatoms. The van der Waals surface area contributed by atoms with E-state index in [1.54, 1.807) is 12.5 Å². The van der Waals surface area contributed by atoms with Gasteiger partial charge in [-0.05, 0) is 31.2 Å². The molecule has 1 aliphatic heterocycles. The van der Waals surface area contributed by atoms with Crippen molar-refractivity contribution >= 4 is 5.97 Å². The van der Waals surface area contributed by atoms with Gasteiger partial charge in [0.15, 0.2) is 0 Å². The molecule has 4 rings (SSSR count). The van der Waals surface area contributed by atoms with Gasteiger partial charge in [0.1, 0.15) is 6.10 Å². The molecular formula is C20H22F2N2O2. The Morgan fingerprint density at radius 3 is 2.73 bits per heavy atom. The van der Waals surface area contributed by atoms with Gasteiger partial charge in [-0.2, -0.15) is 0 Å². The number of carbonyl (C=O) groups is 1. The van der Waals surface area contributed by atoms with Crippen molar-refractivity contribution in [1.29, 1.82) is 0 Å². The van der Waals surface area contributed by atoms with Crippen molar-refractivity contribution in [2.45, 2.75) is 57.1 Å². The van der Waals surface area contributed by atoms with E-state index in [0.29, 0.717) is 25.7 Å². The molecule has 0 saturated heterocycles. The van der Waals surface area contributed by atoms with E-state index in [2.05, 4.69) is 4.98 Å². The predicted octanol–water partition coefficient (Wildman–Crippen LogP) is 4.60. The number of aromatic nitrogens is 2. The first-order valence-electron chi connectivity index (χ1n) is 9.12. The van der Waals surface area contributed by atoms with Crippen LogP contribution in [0.15, 0.2) is 36.8 Å². The smallest absolute Gasteiger partial charge is 0.302 e. The van der Waals surface area contributed by atoms with Gasteiger partial charge in [0.2, 0.25) is 0 Å². The lowest BCUT2D eigenvalue weighted by molar-refractivity contribution is -0.150. The standard InChI is InChI=1S/C20H22F2N2O2/c1-13(25)26-15-8-6-14(7-9-15)20(21,22)10-18-16-4-2-3-5-17(16)19-11-23-12-24(18)19/h2-5,11-12,14-15,18H,6-10H2,1H3. The first kappa shape index (κ1) is 17.2. The second kappa shape index (κ2) is 6.49. The third-order valence-corrected chi connectivity index (χ3v) is 5.67. The number of benzene rings is 1. The van der Waals surface area contributed by atoms with E-state index >= 15 is 8.78 Å². The third kappa shape index (κ3) is 3.02. The van der Waals surface area contributed by atoms with Crippen molar-refractivity contribution in [3.8, 4) is 11.3 Å². The summed E-state index contributed by atoms with van der Waals surface area (Å²) in [6.07, 6.45) is 4.73. The summed E-state index contributed by atoms with van der Waals surface area (Å²) in [4.78, 5) is 15.2. The van der Waals surface area contributed by atoms with Crippen LogP contribution in [-0.4, -0.2) is 27.5 Å². The molecule has 1 aromatic carbocycles. The van der Waals surface area contributed by atoms with E-state index in [4.69, 9.17) is 4.74 Å². The maximum absolute atomic E-state index is 15.1. The van der Waals surface area contributed by atoms with Gasteiger partial charge in [-0.15, -0.1) is 0 Å². The number of fused-ring (bicyclic) bond motifs is 3. The predicted molar refractivity (Wildman–Crippen MR) is 92.9 cm³/mol. The Balaban J connectivity index is 1.50. The highest BCUT2D eigenvalue weighted by Crippen LogP contribution is 2.48. The van der Waals surface area contributed by atoms with Crippen molar-refractivity contribution in [1.82, 2.24) is 9.55 Å². The highest BCUT2D eigenvalue weighted by molar-refractivity contribution is 5.69. The van der Waals surface area contributed by atoms with Crippen molar-refractivity contribution in [2.75, 3.05) is 0 Å². The third-order valence-electron chi connectivity index (χ3n) is 5.67. The van der Waals surface area contributed by atoms with Crippen molar-refractivity contribution in [2.24, 2.45) is 5.92 Å². The minimum absolute atomic E-state index is 0.216. The van der Waals surface area contributed by atoms with Gasteiger partial charge in [0.25, 0.3) is 5.92 Å². The zero-order chi connectivity index (χ0) is 18.3. The average molecular weight is 360 g/mol. The SMILES string of the molecule is CC(=O)OC1CCC(C(F)(F)CC2c3ccccc3-c3cncn32)CC1. The number of esters is 1. The number of halogens is 2. The molecule has 1 fully saturated rings. The fourth-order valence-corrected chi connectivity index (χ4v) is 4.40. The van der Waals surface area contributed by atoms with E-state index in [9.17, 15) is 4.79 Å². The summed E-state index contributed by atoms with van der Waals surface area (Å²) in [5.41, 5.74) is 2.84. The van der Waals surface area contributed by atoms with Crippen molar-refractivity contribution < 1.29 is 18.3 Å². The molecule has 26 heavy (non-hydrogen) atoms. The minimum Gasteiger partial charge on any atom is -0.463 e. The maximum Gasteiger partial charge on any atom is 0.302 e. The highest BCUT2D eigenvalue weighted by Gasteiger charge is 2.45. The second-order valence-corrected chi connectivity index (χ2v) is 7.34. The molecule has 0 amide bonds. The largest absolute Gasteiger partial charge is 0.463 e. The summed E-state index contributed by atoms with van der Waals surface area (Å²) < 4.78 is 37.2. The quantitative estimate of drug-likeness (QED) is 0.749. The molecule has 1 atom stereocenters. The monoisotopic (exact) mass is 360 g/mol. The zero-order valence-electron chi connectivity index (χ0n) is 14.7. The lowest BCUT2D eigenvalue weighted by atomic mass is 9.80. The molecule has 2 aliphatic rings. The van der Waals surface area contributed by atoms with Gasteiger partial charge < -0.3 is 9.30 Å². The van der Waals surface area contributed by atoms with Crippen LogP contribution in [-0.2, 0) is 9.53 Å². The van der Waals surface area contributed by atoms with Gasteiger partial charge in [-0.1, -0.05) is 24.3 Å². The van der Waals surface area contributed by atoms with E-state index in [1.807, 2.05) is 28.8 Å². The summed E-state index contributed by atoms with van der Waals surface area (Å²) in [6, 6.07) is 7.33. The van der Waals surface area contributed by atoms with Crippen LogP contribution in [0.1, 0.15) is 50.6 Å². The summed E-state index contributed by atoms with van der Waals surface area (Å²) in [5, 5.41) is 0. The van der Waals surface area contributed by atoms with Gasteiger partial charge in [-0.25, -0.2) is 13.8 Å². The molecule has 0 bridgehead atoms. The molecule has 1 aliphatic carbocycles. The first-order valence-corrected chi connectivity index (χ1v) is 9.12. The van der Waals surface area contributed by atoms with Crippen LogP contribution in [0.2, 0.25) is 0 Å². The Morgan fingerprint density at radius 2 is 2.00 bits per heavy atom. The number of imidazole rings is 1.